The molecule has 2 heterocycles. The molecule has 21 heavy (non-hydrogen) atoms. The lowest BCUT2D eigenvalue weighted by Gasteiger charge is -2.34. The molecule has 0 saturated carbocycles. The Kier molecular flexibility index (Phi) is 5.24. The van der Waals surface area contributed by atoms with Gasteiger partial charge >= 0.3 is 0 Å². The number of nitrogens with two attached hydrogens (primary N) is 1. The predicted molar refractivity (Wildman–Crippen MR) is 81.2 cm³/mol. The van der Waals surface area contributed by atoms with E-state index in [0.717, 1.165) is 19.5 Å². The van der Waals surface area contributed by atoms with Crippen LogP contribution in [0.15, 0.2) is 0 Å². The molecule has 0 bridgehead atoms. The summed E-state index contributed by atoms with van der Waals surface area (Å²) >= 11 is 0. The fraction of sp³-hybridized carbons (Fsp3) is 0.923. The summed E-state index contributed by atoms with van der Waals surface area (Å²) in [4.78, 5) is 16.2. The van der Waals surface area contributed by atoms with Crippen LogP contribution in [-0.4, -0.2) is 86.5 Å². The van der Waals surface area contributed by atoms with Crippen LogP contribution >= 0.6 is 0 Å². The minimum Gasteiger partial charge on any atom is -0.339 e. The van der Waals surface area contributed by atoms with Crippen LogP contribution in [0.25, 0.3) is 0 Å². The number of amides is 1. The van der Waals surface area contributed by atoms with Gasteiger partial charge in [-0.2, -0.15) is 4.31 Å². The standard InChI is InChI=1S/C13H26N4O3S/c1-11(14)12-3-4-15(9-12)10-13(18)16-5-7-17(8-6-16)21(2,19)20/h11-12H,3-10,14H2,1-2H3. The largest absolute Gasteiger partial charge is 0.339 e. The summed E-state index contributed by atoms with van der Waals surface area (Å²) in [5.74, 6) is 0.563. The van der Waals surface area contributed by atoms with Crippen LogP contribution in [0.4, 0.5) is 0 Å². The van der Waals surface area contributed by atoms with Crippen LogP contribution in [0.3, 0.4) is 0 Å². The molecule has 0 aromatic heterocycles. The van der Waals surface area contributed by atoms with Crippen molar-refractivity contribution in [2.45, 2.75) is 19.4 Å². The monoisotopic (exact) mass is 318 g/mol. The van der Waals surface area contributed by atoms with Crippen molar-refractivity contribution in [3.05, 3.63) is 0 Å². The Hall–Kier alpha value is -0.700. The van der Waals surface area contributed by atoms with Gasteiger partial charge in [0.05, 0.1) is 12.8 Å². The second kappa shape index (κ2) is 6.60. The molecule has 2 fully saturated rings. The Bertz CT molecular complexity index is 472. The average Bonchev–Trinajstić information content (AvgIpc) is 2.86. The summed E-state index contributed by atoms with van der Waals surface area (Å²) in [7, 11) is -3.14. The van der Waals surface area contributed by atoms with Gasteiger partial charge in [-0.1, -0.05) is 0 Å². The first-order valence-corrected chi connectivity index (χ1v) is 9.33. The van der Waals surface area contributed by atoms with E-state index < -0.39 is 10.0 Å². The van der Waals surface area contributed by atoms with E-state index in [1.807, 2.05) is 6.92 Å². The van der Waals surface area contributed by atoms with Crippen molar-refractivity contribution in [1.29, 1.82) is 0 Å². The zero-order valence-corrected chi connectivity index (χ0v) is 13.7. The maximum Gasteiger partial charge on any atom is 0.236 e. The molecule has 0 radical (unpaired) electrons. The second-order valence-electron chi connectivity index (χ2n) is 6.19. The SMILES string of the molecule is CC(N)C1CCN(CC(=O)N2CCN(S(C)(=O)=O)CC2)C1. The lowest BCUT2D eigenvalue weighted by molar-refractivity contribution is -0.133. The van der Waals surface area contributed by atoms with Gasteiger partial charge in [-0.05, 0) is 25.8 Å². The molecule has 122 valence electrons. The highest BCUT2D eigenvalue weighted by atomic mass is 32.2. The molecule has 2 aliphatic heterocycles. The van der Waals surface area contributed by atoms with Crippen molar-refractivity contribution in [1.82, 2.24) is 14.1 Å². The number of piperazine rings is 1. The molecule has 2 N–H and O–H groups in total. The van der Waals surface area contributed by atoms with E-state index in [4.69, 9.17) is 5.73 Å². The Balaban J connectivity index is 1.78. The van der Waals surface area contributed by atoms with Crippen molar-refractivity contribution >= 4 is 15.9 Å². The first-order valence-electron chi connectivity index (χ1n) is 7.48. The van der Waals surface area contributed by atoms with Gasteiger partial charge in [-0.3, -0.25) is 9.69 Å². The summed E-state index contributed by atoms with van der Waals surface area (Å²) in [6.07, 6.45) is 2.26. The number of sulfonamides is 1. The zero-order chi connectivity index (χ0) is 15.6. The first kappa shape index (κ1) is 16.7. The number of carbonyl (C=O) groups is 1. The lowest BCUT2D eigenvalue weighted by Crippen LogP contribution is -2.52. The zero-order valence-electron chi connectivity index (χ0n) is 12.9. The van der Waals surface area contributed by atoms with Crippen LogP contribution in [0.5, 0.6) is 0 Å². The highest BCUT2D eigenvalue weighted by molar-refractivity contribution is 7.88. The normalized spacial score (nSPS) is 27.0. The molecular formula is C13H26N4O3S. The maximum atomic E-state index is 12.3. The molecule has 2 rings (SSSR count). The van der Waals surface area contributed by atoms with E-state index >= 15 is 0 Å². The van der Waals surface area contributed by atoms with Crippen LogP contribution in [0.2, 0.25) is 0 Å². The summed E-state index contributed by atoms with van der Waals surface area (Å²) < 4.78 is 24.3. The molecular weight excluding hydrogens is 292 g/mol. The molecule has 0 aromatic rings. The van der Waals surface area contributed by atoms with Crippen LogP contribution in [0.1, 0.15) is 13.3 Å². The molecule has 0 aliphatic carbocycles. The summed E-state index contributed by atoms with van der Waals surface area (Å²) in [5.41, 5.74) is 5.91. The van der Waals surface area contributed by atoms with Gasteiger partial charge in [0.15, 0.2) is 0 Å². The number of rotatable bonds is 4. The minimum atomic E-state index is -3.14. The van der Waals surface area contributed by atoms with E-state index in [9.17, 15) is 13.2 Å². The van der Waals surface area contributed by atoms with Gasteiger partial charge in [0, 0.05) is 38.8 Å². The third kappa shape index (κ3) is 4.38. The van der Waals surface area contributed by atoms with Crippen molar-refractivity contribution in [3.8, 4) is 0 Å². The van der Waals surface area contributed by atoms with Gasteiger partial charge in [0.2, 0.25) is 15.9 Å². The topological polar surface area (TPSA) is 86.9 Å². The van der Waals surface area contributed by atoms with Crippen molar-refractivity contribution in [2.75, 3.05) is 52.1 Å². The van der Waals surface area contributed by atoms with Gasteiger partial charge in [0.1, 0.15) is 0 Å². The van der Waals surface area contributed by atoms with Crippen LogP contribution in [0, 0.1) is 5.92 Å². The summed E-state index contributed by atoms with van der Waals surface area (Å²) in [6, 6.07) is 0.170. The van der Waals surface area contributed by atoms with Crippen molar-refractivity contribution in [3.63, 3.8) is 0 Å². The minimum absolute atomic E-state index is 0.0912. The smallest absolute Gasteiger partial charge is 0.236 e. The fourth-order valence-corrected chi connectivity index (χ4v) is 3.82. The molecule has 2 aliphatic rings. The third-order valence-corrected chi connectivity index (χ3v) is 5.77. The van der Waals surface area contributed by atoms with Crippen LogP contribution in [-0.2, 0) is 14.8 Å². The number of hydrogen-bond donors (Lipinski definition) is 1. The Morgan fingerprint density at radius 1 is 1.24 bits per heavy atom. The molecule has 0 spiro atoms. The van der Waals surface area contributed by atoms with Crippen molar-refractivity contribution in [2.24, 2.45) is 11.7 Å². The summed E-state index contributed by atoms with van der Waals surface area (Å²) in [6.45, 7) is 5.99. The molecule has 7 nitrogen and oxygen atoms in total. The Morgan fingerprint density at radius 3 is 2.33 bits per heavy atom. The van der Waals surface area contributed by atoms with Gasteiger partial charge in [0.25, 0.3) is 0 Å². The average molecular weight is 318 g/mol. The summed E-state index contributed by atoms with van der Waals surface area (Å²) in [5, 5.41) is 0. The van der Waals surface area contributed by atoms with E-state index in [1.54, 1.807) is 4.90 Å². The second-order valence-corrected chi connectivity index (χ2v) is 8.17. The Labute approximate surface area is 127 Å². The highest BCUT2D eigenvalue weighted by Gasteiger charge is 2.30. The van der Waals surface area contributed by atoms with E-state index in [2.05, 4.69) is 4.90 Å². The molecule has 2 atom stereocenters. The van der Waals surface area contributed by atoms with Gasteiger partial charge in [-0.15, -0.1) is 0 Å². The number of carbonyl (C=O) groups excluding carboxylic acids is 1. The first-order chi connectivity index (χ1) is 9.77. The quantitative estimate of drug-likeness (QED) is 0.700. The van der Waals surface area contributed by atoms with Gasteiger partial charge in [-0.25, -0.2) is 8.42 Å². The maximum absolute atomic E-state index is 12.3. The lowest BCUT2D eigenvalue weighted by atomic mass is 10.0. The number of likely N-dealkylation sites (tertiary alicyclic amines) is 1. The molecule has 2 unspecified atom stereocenters. The van der Waals surface area contributed by atoms with E-state index in [1.165, 1.54) is 10.6 Å². The fourth-order valence-electron chi connectivity index (χ4n) is 3.00. The number of nitrogens with zero attached hydrogens (tertiary/aromatic N) is 3. The van der Waals surface area contributed by atoms with E-state index in [0.29, 0.717) is 38.6 Å². The predicted octanol–water partition coefficient (Wildman–Crippen LogP) is -1.24. The highest BCUT2D eigenvalue weighted by Crippen LogP contribution is 2.18. The number of hydrogen-bond acceptors (Lipinski definition) is 5. The molecule has 2 saturated heterocycles. The van der Waals surface area contributed by atoms with Crippen LogP contribution < -0.4 is 5.73 Å². The Morgan fingerprint density at radius 2 is 1.86 bits per heavy atom. The molecule has 0 aromatic carbocycles. The molecule has 8 heteroatoms. The van der Waals surface area contributed by atoms with E-state index in [-0.39, 0.29) is 11.9 Å². The molecule has 1 amide bonds. The van der Waals surface area contributed by atoms with Gasteiger partial charge < -0.3 is 10.6 Å². The third-order valence-electron chi connectivity index (χ3n) is 4.47. The van der Waals surface area contributed by atoms with Crippen molar-refractivity contribution < 1.29 is 13.2 Å².